The minimum absolute atomic E-state index is 0.138. The van der Waals surface area contributed by atoms with Crippen LogP contribution in [0.3, 0.4) is 0 Å². The Morgan fingerprint density at radius 3 is 1.43 bits per heavy atom. The zero-order chi connectivity index (χ0) is 26.5. The van der Waals surface area contributed by atoms with Crippen molar-refractivity contribution in [3.63, 3.8) is 0 Å². The zero-order valence-electron chi connectivity index (χ0n) is 21.9. The van der Waals surface area contributed by atoms with E-state index < -0.39 is 23.4 Å². The number of hydrogen-bond acceptors (Lipinski definition) is 9. The summed E-state index contributed by atoms with van der Waals surface area (Å²) < 4.78 is 26.5. The molecule has 11 nitrogen and oxygen atoms in total. The number of hydrogen-bond donors (Lipinski definition) is 2. The molecule has 35 heavy (non-hydrogen) atoms. The van der Waals surface area contributed by atoms with Crippen molar-refractivity contribution in [3.8, 4) is 0 Å². The summed E-state index contributed by atoms with van der Waals surface area (Å²) in [6.07, 6.45) is 1.12. The number of carbonyl (C=O) groups is 4. The molecular weight excluding hydrogens is 460 g/mol. The van der Waals surface area contributed by atoms with Crippen LogP contribution in [0.25, 0.3) is 0 Å². The Bertz CT molecular complexity index is 640. The maximum atomic E-state index is 11.9. The van der Waals surface area contributed by atoms with E-state index in [2.05, 4.69) is 10.6 Å². The van der Waals surface area contributed by atoms with Crippen LogP contribution in [0, 0.1) is 0 Å². The molecule has 11 heteroatoms. The number of carbonyl (C=O) groups excluding carboxylic acids is 4. The molecule has 0 bridgehead atoms. The maximum Gasteiger partial charge on any atom is 0.407 e. The van der Waals surface area contributed by atoms with Crippen LogP contribution in [0.15, 0.2) is 0 Å². The quantitative estimate of drug-likeness (QED) is 0.234. The van der Waals surface area contributed by atoms with Crippen LogP contribution in [-0.2, 0) is 33.3 Å². The first-order chi connectivity index (χ1) is 16.2. The number of esters is 2. The molecule has 0 radical (unpaired) electrons. The second-order valence-corrected chi connectivity index (χ2v) is 10.4. The van der Waals surface area contributed by atoms with Gasteiger partial charge in [0, 0.05) is 25.9 Å². The van der Waals surface area contributed by atoms with Gasteiger partial charge in [0.1, 0.15) is 24.4 Å². The Kier molecular flexibility index (Phi) is 12.8. The molecule has 1 rings (SSSR count). The molecule has 0 spiro atoms. The van der Waals surface area contributed by atoms with Crippen LogP contribution in [0.1, 0.15) is 80.1 Å². The SMILES string of the molecule is CC(C)(C)OC(=O)NCCCC(=O)OC[C@@H]1CC[C@@H](COC(=O)CCCNC(=O)OC(C)(C)C)O1. The van der Waals surface area contributed by atoms with E-state index in [0.717, 1.165) is 0 Å². The Morgan fingerprint density at radius 1 is 0.714 bits per heavy atom. The van der Waals surface area contributed by atoms with Gasteiger partial charge in [-0.15, -0.1) is 0 Å². The summed E-state index contributed by atoms with van der Waals surface area (Å²) in [6.45, 7) is 11.6. The minimum Gasteiger partial charge on any atom is -0.463 e. The first kappa shape index (κ1) is 30.5. The summed E-state index contributed by atoms with van der Waals surface area (Å²) in [7, 11) is 0. The number of alkyl carbamates (subject to hydrolysis) is 2. The fourth-order valence-corrected chi connectivity index (χ4v) is 3.02. The number of amides is 2. The van der Waals surface area contributed by atoms with Crippen molar-refractivity contribution in [1.29, 1.82) is 0 Å². The van der Waals surface area contributed by atoms with Gasteiger partial charge in [-0.3, -0.25) is 9.59 Å². The van der Waals surface area contributed by atoms with Crippen LogP contribution < -0.4 is 10.6 Å². The first-order valence-electron chi connectivity index (χ1n) is 12.1. The van der Waals surface area contributed by atoms with E-state index in [9.17, 15) is 19.2 Å². The third kappa shape index (κ3) is 16.7. The van der Waals surface area contributed by atoms with Gasteiger partial charge in [0.05, 0.1) is 12.2 Å². The predicted octanol–water partition coefficient (Wildman–Crippen LogP) is 3.23. The van der Waals surface area contributed by atoms with Crippen LogP contribution in [0.5, 0.6) is 0 Å². The average Bonchev–Trinajstić information content (AvgIpc) is 3.17. The lowest BCUT2D eigenvalue weighted by Crippen LogP contribution is -2.33. The van der Waals surface area contributed by atoms with E-state index in [-0.39, 0.29) is 50.2 Å². The number of rotatable bonds is 12. The summed E-state index contributed by atoms with van der Waals surface area (Å²) in [4.78, 5) is 46.8. The highest BCUT2D eigenvalue weighted by molar-refractivity contribution is 5.70. The van der Waals surface area contributed by atoms with Crippen molar-refractivity contribution in [2.24, 2.45) is 0 Å². The van der Waals surface area contributed by atoms with Gasteiger partial charge in [0.25, 0.3) is 0 Å². The molecule has 2 atom stereocenters. The molecule has 1 fully saturated rings. The molecule has 0 unspecified atom stereocenters. The topological polar surface area (TPSA) is 138 Å². The Morgan fingerprint density at radius 2 is 1.09 bits per heavy atom. The van der Waals surface area contributed by atoms with Crippen molar-refractivity contribution in [3.05, 3.63) is 0 Å². The molecule has 0 saturated carbocycles. The van der Waals surface area contributed by atoms with E-state index >= 15 is 0 Å². The van der Waals surface area contributed by atoms with Crippen molar-refractivity contribution >= 4 is 24.1 Å². The fraction of sp³-hybridized carbons (Fsp3) is 0.833. The highest BCUT2D eigenvalue weighted by Gasteiger charge is 2.27. The molecule has 0 aromatic rings. The summed E-state index contributed by atoms with van der Waals surface area (Å²) in [5, 5.41) is 5.18. The summed E-state index contributed by atoms with van der Waals surface area (Å²) in [6, 6.07) is 0. The number of nitrogens with one attached hydrogen (secondary N) is 2. The average molecular weight is 503 g/mol. The van der Waals surface area contributed by atoms with E-state index in [1.165, 1.54) is 0 Å². The van der Waals surface area contributed by atoms with Crippen molar-refractivity contribution in [2.45, 2.75) is 103 Å². The van der Waals surface area contributed by atoms with Gasteiger partial charge >= 0.3 is 24.1 Å². The van der Waals surface area contributed by atoms with Crippen molar-refractivity contribution in [1.82, 2.24) is 10.6 Å². The molecule has 0 aromatic carbocycles. The third-order valence-electron chi connectivity index (χ3n) is 4.51. The number of ether oxygens (including phenoxy) is 5. The standard InChI is InChI=1S/C24H42N2O9/c1-23(2,3)34-21(29)25-13-7-9-19(27)31-15-17-11-12-18(33-17)16-32-20(28)10-8-14-26-22(30)35-24(4,5)6/h17-18H,7-16H2,1-6H3,(H,25,29)(H,26,30)/t17-,18-/m0/s1. The van der Waals surface area contributed by atoms with Crippen LogP contribution in [0.4, 0.5) is 9.59 Å². The monoisotopic (exact) mass is 502 g/mol. The lowest BCUT2D eigenvalue weighted by Gasteiger charge is -2.19. The lowest BCUT2D eigenvalue weighted by atomic mass is 10.2. The molecule has 2 amide bonds. The van der Waals surface area contributed by atoms with Crippen molar-refractivity contribution in [2.75, 3.05) is 26.3 Å². The van der Waals surface area contributed by atoms with E-state index in [1.807, 2.05) is 0 Å². The van der Waals surface area contributed by atoms with Crippen LogP contribution in [0.2, 0.25) is 0 Å². The maximum absolute atomic E-state index is 11.9. The fourth-order valence-electron chi connectivity index (χ4n) is 3.02. The smallest absolute Gasteiger partial charge is 0.407 e. The largest absolute Gasteiger partial charge is 0.463 e. The second-order valence-electron chi connectivity index (χ2n) is 10.4. The van der Waals surface area contributed by atoms with Gasteiger partial charge in [0.15, 0.2) is 0 Å². The molecule has 1 aliphatic rings. The zero-order valence-corrected chi connectivity index (χ0v) is 21.9. The Labute approximate surface area is 207 Å². The molecule has 0 aromatic heterocycles. The van der Waals surface area contributed by atoms with Gasteiger partial charge in [-0.2, -0.15) is 0 Å². The highest BCUT2D eigenvalue weighted by atomic mass is 16.6. The predicted molar refractivity (Wildman–Crippen MR) is 127 cm³/mol. The van der Waals surface area contributed by atoms with E-state index in [4.69, 9.17) is 23.7 Å². The summed E-state index contributed by atoms with van der Waals surface area (Å²) in [5.41, 5.74) is -1.14. The van der Waals surface area contributed by atoms with E-state index in [1.54, 1.807) is 41.5 Å². The van der Waals surface area contributed by atoms with E-state index in [0.29, 0.717) is 38.8 Å². The van der Waals surface area contributed by atoms with Gasteiger partial charge in [0.2, 0.25) is 0 Å². The molecule has 1 heterocycles. The van der Waals surface area contributed by atoms with Crippen LogP contribution in [-0.4, -0.2) is 73.8 Å². The van der Waals surface area contributed by atoms with Gasteiger partial charge in [-0.25, -0.2) is 9.59 Å². The lowest BCUT2D eigenvalue weighted by molar-refractivity contribution is -0.151. The van der Waals surface area contributed by atoms with Crippen LogP contribution >= 0.6 is 0 Å². The Balaban J connectivity index is 2.07. The minimum atomic E-state index is -0.568. The summed E-state index contributed by atoms with van der Waals surface area (Å²) >= 11 is 0. The van der Waals surface area contributed by atoms with Crippen molar-refractivity contribution < 1.29 is 42.9 Å². The van der Waals surface area contributed by atoms with Gasteiger partial charge in [-0.1, -0.05) is 0 Å². The molecule has 1 aliphatic heterocycles. The molecule has 0 aliphatic carbocycles. The van der Waals surface area contributed by atoms with Gasteiger partial charge < -0.3 is 34.3 Å². The molecule has 1 saturated heterocycles. The third-order valence-corrected chi connectivity index (χ3v) is 4.51. The molecular formula is C24H42N2O9. The van der Waals surface area contributed by atoms with Gasteiger partial charge in [-0.05, 0) is 67.2 Å². The summed E-state index contributed by atoms with van der Waals surface area (Å²) in [5.74, 6) is -0.732. The molecule has 2 N–H and O–H groups in total. The molecule has 202 valence electrons. The second kappa shape index (κ2) is 14.8. The Hall–Kier alpha value is -2.56. The highest BCUT2D eigenvalue weighted by Crippen LogP contribution is 2.20. The first-order valence-corrected chi connectivity index (χ1v) is 12.1. The normalized spacial score (nSPS) is 17.9.